The Balaban J connectivity index is 0. The van der Waals surface area contributed by atoms with Crippen molar-refractivity contribution < 1.29 is 9.09 Å². The summed E-state index contributed by atoms with van der Waals surface area (Å²) in [5.41, 5.74) is 0. The topological polar surface area (TPSA) is 0 Å². The summed E-state index contributed by atoms with van der Waals surface area (Å²) in [6, 6.07) is 0. The highest BCUT2D eigenvalue weighted by atomic mass is 35.6. The van der Waals surface area contributed by atoms with Crippen LogP contribution in [0.2, 0.25) is 0 Å². The molecule has 0 aliphatic carbocycles. The number of rotatable bonds is 0. The van der Waals surface area contributed by atoms with Crippen molar-refractivity contribution in [3.8, 4) is 0 Å². The number of alkyl halides is 4. The standard InChI is InChI=1S/CCl3F.FH/c2-1(3,4)5;/h;1H. The second-order valence-electron chi connectivity index (χ2n) is 0.429. The maximum atomic E-state index is 11.0. The van der Waals surface area contributed by atoms with Gasteiger partial charge in [0, 0.05) is 0 Å². The zero-order valence-corrected chi connectivity index (χ0v) is 4.69. The highest BCUT2D eigenvalue weighted by molar-refractivity contribution is 6.66. The van der Waals surface area contributed by atoms with Gasteiger partial charge in [-0.1, -0.05) is 0 Å². The van der Waals surface area contributed by atoms with E-state index in [0.29, 0.717) is 0 Å². The molecule has 5 heteroatoms. The Bertz CT molecular complexity index is 24.3. The van der Waals surface area contributed by atoms with E-state index in [4.69, 9.17) is 0 Å². The van der Waals surface area contributed by atoms with Gasteiger partial charge in [-0.3, -0.25) is 4.70 Å². The Labute approximate surface area is 48.5 Å². The monoisotopic (exact) mass is 156 g/mol. The quantitative estimate of drug-likeness (QED) is 0.474. The van der Waals surface area contributed by atoms with Crippen LogP contribution in [0.1, 0.15) is 0 Å². The minimum Gasteiger partial charge on any atom is -0.269 e. The van der Waals surface area contributed by atoms with Gasteiger partial charge in [-0.2, -0.15) is 4.39 Å². The van der Waals surface area contributed by atoms with Gasteiger partial charge in [-0.05, 0) is 34.8 Å². The van der Waals surface area contributed by atoms with Crippen molar-refractivity contribution in [1.82, 2.24) is 0 Å². The normalized spacial score (nSPS) is 10.0. The Morgan fingerprint density at radius 1 is 1.17 bits per heavy atom. The molecule has 0 fully saturated rings. The van der Waals surface area contributed by atoms with Crippen LogP contribution in [-0.4, -0.2) is 4.05 Å². The lowest BCUT2D eigenvalue weighted by Crippen LogP contribution is -1.83. The molecule has 0 aromatic rings. The van der Waals surface area contributed by atoms with Crippen molar-refractivity contribution in [3.63, 3.8) is 0 Å². The molecule has 6 heavy (non-hydrogen) atoms. The van der Waals surface area contributed by atoms with Gasteiger partial charge in [-0.25, -0.2) is 0 Å². The molecule has 0 N–H and O–H groups in total. The van der Waals surface area contributed by atoms with Gasteiger partial charge in [0.15, 0.2) is 0 Å². The zero-order chi connectivity index (χ0) is 4.50. The third-order valence-corrected chi connectivity index (χ3v) is 0. The molecule has 0 bridgehead atoms. The van der Waals surface area contributed by atoms with Gasteiger partial charge in [-0.15, -0.1) is 0 Å². The molecule has 0 radical (unpaired) electrons. The molecule has 0 unspecified atom stereocenters. The first-order valence-electron chi connectivity index (χ1n) is 0.756. The maximum absolute atomic E-state index is 11.0. The lowest BCUT2D eigenvalue weighted by atomic mass is 11.7. The minimum atomic E-state index is -2.58. The number of halogens is 5. The van der Waals surface area contributed by atoms with Gasteiger partial charge >= 0.3 is 4.05 Å². The van der Waals surface area contributed by atoms with E-state index in [1.807, 2.05) is 0 Å². The van der Waals surface area contributed by atoms with Gasteiger partial charge in [0.05, 0.1) is 0 Å². The molecule has 0 amide bonds. The molecule has 0 aliphatic heterocycles. The smallest absolute Gasteiger partial charge is 0.269 e. The van der Waals surface area contributed by atoms with Crippen molar-refractivity contribution in [2.24, 2.45) is 0 Å². The summed E-state index contributed by atoms with van der Waals surface area (Å²) in [5.74, 6) is 0. The van der Waals surface area contributed by atoms with Crippen LogP contribution in [0.4, 0.5) is 9.09 Å². The molecule has 40 valence electrons. The average Bonchev–Trinajstić information content (AvgIpc) is 0.722. The second-order valence-corrected chi connectivity index (χ2v) is 2.57. The van der Waals surface area contributed by atoms with E-state index in [2.05, 4.69) is 34.8 Å². The maximum Gasteiger partial charge on any atom is 0.333 e. The predicted molar refractivity (Wildman–Crippen MR) is 23.9 cm³/mol. The third-order valence-electron chi connectivity index (χ3n) is 0. The Morgan fingerprint density at radius 2 is 1.17 bits per heavy atom. The van der Waals surface area contributed by atoms with Crippen LogP contribution >= 0.6 is 34.8 Å². The average molecular weight is 157 g/mol. The summed E-state index contributed by atoms with van der Waals surface area (Å²) >= 11 is 13.2. The first-order valence-corrected chi connectivity index (χ1v) is 1.89. The van der Waals surface area contributed by atoms with E-state index in [-0.39, 0.29) is 4.70 Å². The van der Waals surface area contributed by atoms with Crippen molar-refractivity contribution in [2.45, 2.75) is 4.05 Å². The Kier molecular flexibility index (Phi) is 4.66. The summed E-state index contributed by atoms with van der Waals surface area (Å²) < 4.78 is 8.40. The molecule has 0 saturated carbocycles. The molecule has 0 aromatic heterocycles. The molecule has 0 atom stereocenters. The van der Waals surface area contributed by atoms with E-state index in [0.717, 1.165) is 0 Å². The van der Waals surface area contributed by atoms with Gasteiger partial charge < -0.3 is 0 Å². The number of hydrogen-bond donors (Lipinski definition) is 0. The Hall–Kier alpha value is 0.730. The van der Waals surface area contributed by atoms with Gasteiger partial charge in [0.1, 0.15) is 0 Å². The van der Waals surface area contributed by atoms with E-state index >= 15 is 0 Å². The molecule has 0 aromatic carbocycles. The highest BCUT2D eigenvalue weighted by Crippen LogP contribution is 2.26. The summed E-state index contributed by atoms with van der Waals surface area (Å²) in [7, 11) is 0. The van der Waals surface area contributed by atoms with Crippen LogP contribution in [0.3, 0.4) is 0 Å². The van der Waals surface area contributed by atoms with Crippen LogP contribution < -0.4 is 0 Å². The molecule has 0 heterocycles. The number of hydrogen-bond acceptors (Lipinski definition) is 0. The summed E-state index contributed by atoms with van der Waals surface area (Å²) in [5, 5.41) is 0. The predicted octanol–water partition coefficient (Wildman–Crippen LogP) is 2.44. The van der Waals surface area contributed by atoms with E-state index in [1.54, 1.807) is 0 Å². The molecule has 0 saturated heterocycles. The van der Waals surface area contributed by atoms with Crippen molar-refractivity contribution in [2.75, 3.05) is 0 Å². The van der Waals surface area contributed by atoms with Crippen LogP contribution in [0.15, 0.2) is 0 Å². The first-order chi connectivity index (χ1) is 2.00. The minimum absolute atomic E-state index is 0. The summed E-state index contributed by atoms with van der Waals surface area (Å²) in [6.45, 7) is 0. The largest absolute Gasteiger partial charge is 0.333 e. The third kappa shape index (κ3) is 123. The molecule has 0 aliphatic rings. The SMILES string of the molecule is F.FC(Cl)(Cl)Cl. The highest BCUT2D eigenvalue weighted by Gasteiger charge is 2.14. The van der Waals surface area contributed by atoms with Crippen molar-refractivity contribution >= 4 is 34.8 Å². The summed E-state index contributed by atoms with van der Waals surface area (Å²) in [6.07, 6.45) is 0. The molecular formula is CHCl3F2. The van der Waals surface area contributed by atoms with E-state index in [9.17, 15) is 4.39 Å². The zero-order valence-electron chi connectivity index (χ0n) is 2.42. The lowest BCUT2D eigenvalue weighted by molar-refractivity contribution is 0.507. The van der Waals surface area contributed by atoms with Crippen LogP contribution in [0.5, 0.6) is 0 Å². The molecule has 0 rings (SSSR count). The van der Waals surface area contributed by atoms with Crippen molar-refractivity contribution in [3.05, 3.63) is 0 Å². The van der Waals surface area contributed by atoms with Gasteiger partial charge in [0.25, 0.3) is 0 Å². The van der Waals surface area contributed by atoms with Crippen LogP contribution in [-0.2, 0) is 0 Å². The first kappa shape index (κ1) is 9.88. The van der Waals surface area contributed by atoms with E-state index in [1.165, 1.54) is 0 Å². The van der Waals surface area contributed by atoms with Crippen LogP contribution in [0.25, 0.3) is 0 Å². The fourth-order valence-corrected chi connectivity index (χ4v) is 0. The fourth-order valence-electron chi connectivity index (χ4n) is 0. The second kappa shape index (κ2) is 2.83. The fraction of sp³-hybridized carbons (Fsp3) is 1.00. The Morgan fingerprint density at radius 3 is 1.17 bits per heavy atom. The lowest BCUT2D eigenvalue weighted by Gasteiger charge is -1.89. The summed E-state index contributed by atoms with van der Waals surface area (Å²) in [4.78, 5) is 0. The van der Waals surface area contributed by atoms with E-state index < -0.39 is 4.05 Å². The molecule has 0 spiro atoms. The van der Waals surface area contributed by atoms with Crippen LogP contribution in [0, 0.1) is 0 Å². The van der Waals surface area contributed by atoms with Gasteiger partial charge in [0.2, 0.25) is 0 Å². The van der Waals surface area contributed by atoms with Crippen molar-refractivity contribution in [1.29, 1.82) is 0 Å². The molecule has 0 nitrogen and oxygen atoms in total. The molecular weight excluding hydrogens is 156 g/mol.